The molecule has 2 N–H and O–H groups in total. The first-order valence-corrected chi connectivity index (χ1v) is 8.26. The van der Waals surface area contributed by atoms with Crippen LogP contribution >= 0.6 is 34.8 Å². The highest BCUT2D eigenvalue weighted by Crippen LogP contribution is 2.29. The number of aromatic nitrogens is 1. The van der Waals surface area contributed by atoms with Gasteiger partial charge in [-0.25, -0.2) is 13.4 Å². The van der Waals surface area contributed by atoms with E-state index >= 15 is 0 Å². The number of hydrogen-bond acceptors (Lipinski definition) is 4. The predicted molar refractivity (Wildman–Crippen MR) is 86.1 cm³/mol. The van der Waals surface area contributed by atoms with Crippen molar-refractivity contribution in [3.05, 3.63) is 45.5 Å². The van der Waals surface area contributed by atoms with Gasteiger partial charge in [0.05, 0.1) is 15.7 Å². The smallest absolute Gasteiger partial charge is 0.263 e. The van der Waals surface area contributed by atoms with Gasteiger partial charge in [0.15, 0.2) is 0 Å². The fraction of sp³-hybridized carbons (Fsp3) is 0.0833. The largest absolute Gasteiger partial charge is 0.372 e. The van der Waals surface area contributed by atoms with Crippen LogP contribution in [0.3, 0.4) is 0 Å². The van der Waals surface area contributed by atoms with Crippen LogP contribution in [0.1, 0.15) is 0 Å². The van der Waals surface area contributed by atoms with Gasteiger partial charge in [-0.15, -0.1) is 0 Å². The van der Waals surface area contributed by atoms with Crippen molar-refractivity contribution in [3.8, 4) is 0 Å². The van der Waals surface area contributed by atoms with Crippen molar-refractivity contribution in [2.75, 3.05) is 17.1 Å². The molecule has 0 aliphatic heterocycles. The van der Waals surface area contributed by atoms with E-state index in [0.29, 0.717) is 10.8 Å². The fourth-order valence-corrected chi connectivity index (χ4v) is 3.29. The van der Waals surface area contributed by atoms with Crippen molar-refractivity contribution < 1.29 is 8.42 Å². The van der Waals surface area contributed by atoms with E-state index in [-0.39, 0.29) is 20.6 Å². The number of anilines is 2. The summed E-state index contributed by atoms with van der Waals surface area (Å²) >= 11 is 17.7. The predicted octanol–water partition coefficient (Wildman–Crippen LogP) is 3.88. The monoisotopic (exact) mass is 365 g/mol. The summed E-state index contributed by atoms with van der Waals surface area (Å²) in [6.45, 7) is 0. The Balaban J connectivity index is 2.38. The molecule has 0 saturated heterocycles. The molecule has 112 valence electrons. The van der Waals surface area contributed by atoms with Crippen molar-refractivity contribution >= 4 is 56.3 Å². The van der Waals surface area contributed by atoms with Crippen LogP contribution in [0.25, 0.3) is 0 Å². The fourth-order valence-electron chi connectivity index (χ4n) is 1.53. The minimum Gasteiger partial charge on any atom is -0.372 e. The van der Waals surface area contributed by atoms with Gasteiger partial charge in [0.1, 0.15) is 10.7 Å². The van der Waals surface area contributed by atoms with Gasteiger partial charge < -0.3 is 5.32 Å². The molecule has 0 fully saturated rings. The summed E-state index contributed by atoms with van der Waals surface area (Å²) in [5.74, 6) is 0.386. The lowest BCUT2D eigenvalue weighted by atomic mass is 10.3. The topological polar surface area (TPSA) is 71.1 Å². The lowest BCUT2D eigenvalue weighted by Crippen LogP contribution is -2.14. The molecule has 2 rings (SSSR count). The molecule has 1 aromatic carbocycles. The van der Waals surface area contributed by atoms with Gasteiger partial charge in [-0.3, -0.25) is 4.72 Å². The molecule has 0 saturated carbocycles. The lowest BCUT2D eigenvalue weighted by molar-refractivity contribution is 0.601. The second-order valence-corrected chi connectivity index (χ2v) is 6.91. The van der Waals surface area contributed by atoms with Crippen molar-refractivity contribution in [2.45, 2.75) is 4.90 Å². The summed E-state index contributed by atoms with van der Waals surface area (Å²) in [6, 6.07) is 5.76. The molecule has 5 nitrogen and oxygen atoms in total. The Bertz CT molecular complexity index is 781. The van der Waals surface area contributed by atoms with Crippen LogP contribution in [-0.4, -0.2) is 20.4 Å². The molecule has 0 amide bonds. The Morgan fingerprint density at radius 3 is 2.43 bits per heavy atom. The molecule has 0 spiro atoms. The SMILES string of the molecule is CNc1ncc(S(=O)(=O)Nc2cc(Cl)ccc2Cl)cc1Cl. The summed E-state index contributed by atoms with van der Waals surface area (Å²) in [5.41, 5.74) is 0.179. The molecule has 0 unspecified atom stereocenters. The van der Waals surface area contributed by atoms with E-state index in [0.717, 1.165) is 0 Å². The van der Waals surface area contributed by atoms with Crippen LogP contribution < -0.4 is 10.0 Å². The Morgan fingerprint density at radius 2 is 1.81 bits per heavy atom. The number of pyridine rings is 1. The van der Waals surface area contributed by atoms with E-state index in [4.69, 9.17) is 34.8 Å². The van der Waals surface area contributed by atoms with Crippen LogP contribution in [-0.2, 0) is 10.0 Å². The molecule has 1 heterocycles. The minimum absolute atomic E-state index is 0.0810. The van der Waals surface area contributed by atoms with Crippen molar-refractivity contribution in [2.24, 2.45) is 0 Å². The summed E-state index contributed by atoms with van der Waals surface area (Å²) in [6.07, 6.45) is 1.19. The van der Waals surface area contributed by atoms with Gasteiger partial charge in [0, 0.05) is 18.3 Å². The molecule has 1 aromatic heterocycles. The second-order valence-electron chi connectivity index (χ2n) is 3.98. The van der Waals surface area contributed by atoms with Gasteiger partial charge in [0.2, 0.25) is 0 Å². The average molecular weight is 367 g/mol. The minimum atomic E-state index is -3.87. The zero-order chi connectivity index (χ0) is 15.6. The van der Waals surface area contributed by atoms with Crippen LogP contribution in [0.15, 0.2) is 35.4 Å². The zero-order valence-electron chi connectivity index (χ0n) is 10.7. The molecular formula is C12H10Cl3N3O2S. The highest BCUT2D eigenvalue weighted by atomic mass is 35.5. The number of hydrogen-bond donors (Lipinski definition) is 2. The highest BCUT2D eigenvalue weighted by Gasteiger charge is 2.18. The van der Waals surface area contributed by atoms with Crippen LogP contribution in [0.2, 0.25) is 15.1 Å². The van der Waals surface area contributed by atoms with Gasteiger partial charge in [-0.2, -0.15) is 0 Å². The third-order valence-electron chi connectivity index (χ3n) is 2.54. The maximum atomic E-state index is 12.3. The molecule has 9 heteroatoms. The Labute approximate surface area is 137 Å². The van der Waals surface area contributed by atoms with Crippen molar-refractivity contribution in [3.63, 3.8) is 0 Å². The molecule has 0 aliphatic rings. The van der Waals surface area contributed by atoms with Crippen molar-refractivity contribution in [1.82, 2.24) is 4.98 Å². The quantitative estimate of drug-likeness (QED) is 0.861. The van der Waals surface area contributed by atoms with E-state index in [9.17, 15) is 8.42 Å². The standard InChI is InChI=1S/C12H10Cl3N3O2S/c1-16-12-10(15)5-8(6-17-12)21(19,20)18-11-4-7(13)2-3-9(11)14/h2-6,18H,1H3,(H,16,17). The van der Waals surface area contributed by atoms with Crippen LogP contribution in [0.5, 0.6) is 0 Å². The summed E-state index contributed by atoms with van der Waals surface area (Å²) in [7, 11) is -2.24. The van der Waals surface area contributed by atoms with E-state index < -0.39 is 10.0 Å². The van der Waals surface area contributed by atoms with Gasteiger partial charge in [-0.05, 0) is 24.3 Å². The zero-order valence-corrected chi connectivity index (χ0v) is 13.8. The first-order valence-electron chi connectivity index (χ1n) is 5.64. The molecule has 0 aliphatic carbocycles. The van der Waals surface area contributed by atoms with Gasteiger partial charge in [0.25, 0.3) is 10.0 Å². The van der Waals surface area contributed by atoms with Gasteiger partial charge in [-0.1, -0.05) is 34.8 Å². The van der Waals surface area contributed by atoms with E-state index in [1.54, 1.807) is 13.1 Å². The second kappa shape index (κ2) is 6.27. The highest BCUT2D eigenvalue weighted by molar-refractivity contribution is 7.92. The average Bonchev–Trinajstić information content (AvgIpc) is 2.42. The number of nitrogens with zero attached hydrogens (tertiary/aromatic N) is 1. The first kappa shape index (κ1) is 16.2. The number of benzene rings is 1. The summed E-state index contributed by atoms with van der Waals surface area (Å²) in [4.78, 5) is 3.84. The van der Waals surface area contributed by atoms with E-state index in [1.807, 2.05) is 0 Å². The third kappa shape index (κ3) is 3.71. The van der Waals surface area contributed by atoms with Crippen LogP contribution in [0.4, 0.5) is 11.5 Å². The maximum Gasteiger partial charge on any atom is 0.263 e. The number of halogens is 3. The normalized spacial score (nSPS) is 11.2. The molecule has 2 aromatic rings. The van der Waals surface area contributed by atoms with E-state index in [2.05, 4.69) is 15.0 Å². The number of sulfonamides is 1. The van der Waals surface area contributed by atoms with Crippen LogP contribution in [0, 0.1) is 0 Å². The number of nitrogens with one attached hydrogen (secondary N) is 2. The Morgan fingerprint density at radius 1 is 1.10 bits per heavy atom. The first-order chi connectivity index (χ1) is 9.83. The van der Waals surface area contributed by atoms with Gasteiger partial charge >= 0.3 is 0 Å². The lowest BCUT2D eigenvalue weighted by Gasteiger charge is -2.11. The third-order valence-corrected chi connectivity index (χ3v) is 4.72. The molecule has 0 atom stereocenters. The summed E-state index contributed by atoms with van der Waals surface area (Å²) < 4.78 is 26.9. The summed E-state index contributed by atoms with van der Waals surface area (Å²) in [5, 5.41) is 3.53. The number of rotatable bonds is 4. The van der Waals surface area contributed by atoms with E-state index in [1.165, 1.54) is 24.4 Å². The molecule has 21 heavy (non-hydrogen) atoms. The Kier molecular flexibility index (Phi) is 4.83. The maximum absolute atomic E-state index is 12.3. The Hall–Kier alpha value is -1.21. The molecule has 0 radical (unpaired) electrons. The van der Waals surface area contributed by atoms with Crippen molar-refractivity contribution in [1.29, 1.82) is 0 Å². The molecule has 0 bridgehead atoms. The molecular weight excluding hydrogens is 357 g/mol.